The van der Waals surface area contributed by atoms with Crippen molar-refractivity contribution >= 4 is 28.9 Å². The van der Waals surface area contributed by atoms with E-state index >= 15 is 0 Å². The molecule has 0 atom stereocenters. The zero-order chi connectivity index (χ0) is 21.3. The Morgan fingerprint density at radius 2 is 2.06 bits per heavy atom. The van der Waals surface area contributed by atoms with Gasteiger partial charge in [0.1, 0.15) is 11.5 Å². The quantitative estimate of drug-likeness (QED) is 0.669. The maximum absolute atomic E-state index is 13.2. The standard InChI is InChI=1S/C24H27N7O/c32-23(27-17-3-4-21-28-19(16-1-2-16)14-30(21)13-17)31-11-6-18-20(5-9-25-22(18)31)29-12-10-26-24(15-29)7-8-24/h3-5,9,13-14,16,26H,1-2,6-8,10-12,15H2,(H,27,32). The highest BCUT2D eigenvalue weighted by molar-refractivity contribution is 6.03. The van der Waals surface area contributed by atoms with Gasteiger partial charge in [-0.3, -0.25) is 4.90 Å². The van der Waals surface area contributed by atoms with Crippen molar-refractivity contribution in [1.29, 1.82) is 0 Å². The Bertz CT molecular complexity index is 1230. The van der Waals surface area contributed by atoms with Crippen molar-refractivity contribution in [2.75, 3.05) is 41.3 Å². The molecule has 1 spiro atoms. The zero-order valence-corrected chi connectivity index (χ0v) is 18.0. The van der Waals surface area contributed by atoms with Crippen molar-refractivity contribution in [2.24, 2.45) is 0 Å². The van der Waals surface area contributed by atoms with E-state index in [1.165, 1.54) is 36.9 Å². The van der Waals surface area contributed by atoms with Gasteiger partial charge in [0.2, 0.25) is 0 Å². The number of fused-ring (bicyclic) bond motifs is 2. The van der Waals surface area contributed by atoms with Crippen molar-refractivity contribution < 1.29 is 4.79 Å². The van der Waals surface area contributed by atoms with Gasteiger partial charge in [-0.1, -0.05) is 0 Å². The average Bonchev–Trinajstić information content (AvgIpc) is 3.70. The third-order valence-corrected chi connectivity index (χ3v) is 7.38. The number of rotatable bonds is 3. The van der Waals surface area contributed by atoms with Crippen molar-refractivity contribution in [1.82, 2.24) is 19.7 Å². The SMILES string of the molecule is O=C(Nc1ccc2nc(C3CC3)cn2c1)N1CCc2c(N3CCNC4(CC4)C3)ccnc21. The molecular weight excluding hydrogens is 402 g/mol. The highest BCUT2D eigenvalue weighted by Crippen LogP contribution is 2.41. The number of carbonyl (C=O) groups is 1. The summed E-state index contributed by atoms with van der Waals surface area (Å²) in [5.41, 5.74) is 5.59. The molecular formula is C24H27N7O. The van der Waals surface area contributed by atoms with Crippen LogP contribution in [0, 0.1) is 0 Å². The van der Waals surface area contributed by atoms with Crippen LogP contribution in [0.3, 0.4) is 0 Å². The molecule has 3 aromatic heterocycles. The second kappa shape index (κ2) is 6.68. The molecule has 164 valence electrons. The molecule has 2 N–H and O–H groups in total. The van der Waals surface area contributed by atoms with E-state index in [0.29, 0.717) is 18.0 Å². The Hall–Kier alpha value is -3.13. The second-order valence-corrected chi connectivity index (χ2v) is 9.72. The molecule has 0 radical (unpaired) electrons. The maximum Gasteiger partial charge on any atom is 0.327 e. The number of nitrogens with one attached hydrogen (secondary N) is 2. The van der Waals surface area contributed by atoms with Crippen LogP contribution in [-0.2, 0) is 6.42 Å². The molecule has 2 amide bonds. The maximum atomic E-state index is 13.2. The lowest BCUT2D eigenvalue weighted by Crippen LogP contribution is -2.52. The predicted molar refractivity (Wildman–Crippen MR) is 124 cm³/mol. The minimum atomic E-state index is -0.130. The first-order valence-corrected chi connectivity index (χ1v) is 11.7. The van der Waals surface area contributed by atoms with E-state index < -0.39 is 0 Å². The molecule has 4 aliphatic rings. The van der Waals surface area contributed by atoms with E-state index in [4.69, 9.17) is 4.98 Å². The Morgan fingerprint density at radius 3 is 2.91 bits per heavy atom. The molecule has 3 aromatic rings. The number of hydrogen-bond acceptors (Lipinski definition) is 5. The van der Waals surface area contributed by atoms with E-state index in [9.17, 15) is 4.79 Å². The summed E-state index contributed by atoms with van der Waals surface area (Å²) in [6, 6.07) is 5.88. The van der Waals surface area contributed by atoms with Gasteiger partial charge in [0.05, 0.1) is 11.4 Å². The predicted octanol–water partition coefficient (Wildman–Crippen LogP) is 3.14. The molecule has 2 aliphatic heterocycles. The Balaban J connectivity index is 1.12. The van der Waals surface area contributed by atoms with Crippen molar-refractivity contribution in [2.45, 2.75) is 43.6 Å². The van der Waals surface area contributed by atoms with Crippen molar-refractivity contribution in [3.05, 3.63) is 48.0 Å². The molecule has 0 bridgehead atoms. The number of anilines is 3. The van der Waals surface area contributed by atoms with Gasteiger partial charge in [0.25, 0.3) is 0 Å². The van der Waals surface area contributed by atoms with Crippen LogP contribution in [0.4, 0.5) is 22.0 Å². The monoisotopic (exact) mass is 429 g/mol. The molecule has 7 rings (SSSR count). The number of aromatic nitrogens is 3. The molecule has 0 aromatic carbocycles. The first-order valence-electron chi connectivity index (χ1n) is 11.7. The number of hydrogen-bond donors (Lipinski definition) is 2. The number of carbonyl (C=O) groups excluding carboxylic acids is 1. The van der Waals surface area contributed by atoms with Gasteiger partial charge in [-0.25, -0.2) is 14.8 Å². The van der Waals surface area contributed by atoms with Crippen LogP contribution in [0.1, 0.15) is 42.9 Å². The van der Waals surface area contributed by atoms with E-state index in [1.54, 1.807) is 4.90 Å². The van der Waals surface area contributed by atoms with Gasteiger partial charge in [-0.05, 0) is 50.3 Å². The number of urea groups is 1. The normalized spacial score (nSPS) is 21.2. The summed E-state index contributed by atoms with van der Waals surface area (Å²) in [7, 11) is 0. The van der Waals surface area contributed by atoms with Crippen LogP contribution in [0.25, 0.3) is 5.65 Å². The third kappa shape index (κ3) is 3.04. The van der Waals surface area contributed by atoms with Crippen LogP contribution in [0.2, 0.25) is 0 Å². The molecule has 1 saturated heterocycles. The van der Waals surface area contributed by atoms with Crippen molar-refractivity contribution in [3.8, 4) is 0 Å². The summed E-state index contributed by atoms with van der Waals surface area (Å²) < 4.78 is 2.01. The van der Waals surface area contributed by atoms with Crippen LogP contribution in [-0.4, -0.2) is 52.1 Å². The van der Waals surface area contributed by atoms with Gasteiger partial charge in [0.15, 0.2) is 0 Å². The molecule has 0 unspecified atom stereocenters. The molecule has 8 nitrogen and oxygen atoms in total. The number of amides is 2. The minimum Gasteiger partial charge on any atom is -0.368 e. The van der Waals surface area contributed by atoms with E-state index in [-0.39, 0.29) is 6.03 Å². The van der Waals surface area contributed by atoms with E-state index in [2.05, 4.69) is 32.8 Å². The zero-order valence-electron chi connectivity index (χ0n) is 18.0. The first-order chi connectivity index (χ1) is 15.7. The number of imidazole rings is 1. The summed E-state index contributed by atoms with van der Waals surface area (Å²) in [5.74, 6) is 1.41. The molecule has 8 heteroatoms. The highest BCUT2D eigenvalue weighted by Gasteiger charge is 2.46. The first kappa shape index (κ1) is 18.4. The fraction of sp³-hybridized carbons (Fsp3) is 0.458. The Labute approximate surface area is 186 Å². The minimum absolute atomic E-state index is 0.130. The summed E-state index contributed by atoms with van der Waals surface area (Å²) in [6.45, 7) is 3.71. The van der Waals surface area contributed by atoms with Gasteiger partial charge in [0, 0.05) is 67.5 Å². The highest BCUT2D eigenvalue weighted by atomic mass is 16.2. The van der Waals surface area contributed by atoms with Crippen LogP contribution in [0.15, 0.2) is 36.8 Å². The smallest absolute Gasteiger partial charge is 0.327 e. The molecule has 3 fully saturated rings. The number of pyridine rings is 2. The van der Waals surface area contributed by atoms with Gasteiger partial charge >= 0.3 is 6.03 Å². The van der Waals surface area contributed by atoms with Gasteiger partial charge in [-0.2, -0.15) is 0 Å². The van der Waals surface area contributed by atoms with Gasteiger partial charge in [-0.15, -0.1) is 0 Å². The van der Waals surface area contributed by atoms with E-state index in [1.807, 2.05) is 28.9 Å². The molecule has 32 heavy (non-hydrogen) atoms. The summed E-state index contributed by atoms with van der Waals surface area (Å²) in [4.78, 5) is 26.7. The summed E-state index contributed by atoms with van der Waals surface area (Å²) in [5, 5.41) is 6.74. The second-order valence-electron chi connectivity index (χ2n) is 9.72. The summed E-state index contributed by atoms with van der Waals surface area (Å²) in [6.07, 6.45) is 11.7. The number of piperazine rings is 1. The van der Waals surface area contributed by atoms with Gasteiger partial charge < -0.3 is 19.9 Å². The van der Waals surface area contributed by atoms with E-state index in [0.717, 1.165) is 48.9 Å². The third-order valence-electron chi connectivity index (χ3n) is 7.38. The average molecular weight is 430 g/mol. The van der Waals surface area contributed by atoms with Crippen LogP contribution >= 0.6 is 0 Å². The topological polar surface area (TPSA) is 77.8 Å². The number of nitrogens with zero attached hydrogens (tertiary/aromatic N) is 5. The Kier molecular flexibility index (Phi) is 3.85. The van der Waals surface area contributed by atoms with Crippen LogP contribution < -0.4 is 20.4 Å². The fourth-order valence-electron chi connectivity index (χ4n) is 5.27. The molecule has 2 aliphatic carbocycles. The lowest BCUT2D eigenvalue weighted by Gasteiger charge is -2.36. The summed E-state index contributed by atoms with van der Waals surface area (Å²) >= 11 is 0. The lowest BCUT2D eigenvalue weighted by molar-refractivity contribution is 0.257. The molecule has 2 saturated carbocycles. The fourth-order valence-corrected chi connectivity index (χ4v) is 5.27. The van der Waals surface area contributed by atoms with Crippen LogP contribution in [0.5, 0.6) is 0 Å². The lowest BCUT2D eigenvalue weighted by atomic mass is 10.1. The molecule has 5 heterocycles. The van der Waals surface area contributed by atoms with Crippen molar-refractivity contribution in [3.63, 3.8) is 0 Å². The Morgan fingerprint density at radius 1 is 1.16 bits per heavy atom. The largest absolute Gasteiger partial charge is 0.368 e.